The molecule has 7 nitrogen and oxygen atoms in total. The van der Waals surface area contributed by atoms with Crippen LogP contribution in [-0.2, 0) is 20.9 Å². The van der Waals surface area contributed by atoms with Crippen molar-refractivity contribution in [2.24, 2.45) is 11.7 Å². The van der Waals surface area contributed by atoms with Gasteiger partial charge in [-0.2, -0.15) is 0 Å². The Morgan fingerprint density at radius 3 is 2.31 bits per heavy atom. The number of primary amides is 1. The van der Waals surface area contributed by atoms with Crippen molar-refractivity contribution in [2.75, 3.05) is 0 Å². The number of halogens is 1. The van der Waals surface area contributed by atoms with Crippen LogP contribution in [0.4, 0.5) is 4.79 Å². The zero-order chi connectivity index (χ0) is 19.7. The summed E-state index contributed by atoms with van der Waals surface area (Å²) in [7, 11) is 0. The first-order chi connectivity index (χ1) is 12.2. The van der Waals surface area contributed by atoms with E-state index in [9.17, 15) is 14.4 Å². The van der Waals surface area contributed by atoms with Crippen LogP contribution in [0, 0.1) is 5.92 Å². The van der Waals surface area contributed by atoms with E-state index in [0.717, 1.165) is 5.56 Å². The lowest BCUT2D eigenvalue weighted by molar-refractivity contribution is -0.129. The Balaban J connectivity index is 2.65. The molecule has 8 heteroatoms. The van der Waals surface area contributed by atoms with Crippen LogP contribution >= 0.6 is 15.9 Å². The van der Waals surface area contributed by atoms with Crippen molar-refractivity contribution in [1.82, 2.24) is 10.6 Å². The molecule has 0 aromatic heterocycles. The van der Waals surface area contributed by atoms with Crippen molar-refractivity contribution in [3.63, 3.8) is 0 Å². The van der Waals surface area contributed by atoms with Gasteiger partial charge in [-0.15, -0.1) is 0 Å². The van der Waals surface area contributed by atoms with E-state index in [1.165, 1.54) is 0 Å². The molecule has 4 N–H and O–H groups in total. The minimum Gasteiger partial charge on any atom is -0.445 e. The van der Waals surface area contributed by atoms with E-state index in [4.69, 9.17) is 10.5 Å². The van der Waals surface area contributed by atoms with Crippen molar-refractivity contribution < 1.29 is 19.1 Å². The average molecular weight is 426 g/mol. The molecule has 0 unspecified atom stereocenters. The summed E-state index contributed by atoms with van der Waals surface area (Å²) in [5, 5.41) is 5.06. The Labute approximate surface area is 161 Å². The minimum absolute atomic E-state index is 0.0897. The molecule has 0 bridgehead atoms. The number of nitrogens with two attached hydrogens (primary N) is 1. The highest BCUT2D eigenvalue weighted by atomic mass is 79.9. The first-order valence-electron chi connectivity index (χ1n) is 8.11. The summed E-state index contributed by atoms with van der Waals surface area (Å²) in [6.07, 6.45) is -0.562. The summed E-state index contributed by atoms with van der Waals surface area (Å²) < 4.78 is 5.66. The van der Waals surface area contributed by atoms with E-state index >= 15 is 0 Å². The van der Waals surface area contributed by atoms with Gasteiger partial charge in [0.05, 0.1) is 0 Å². The fraction of sp³-hybridized carbons (Fsp3) is 0.389. The second-order valence-electron chi connectivity index (χ2n) is 6.11. The second-order valence-corrected chi connectivity index (χ2v) is 7.23. The molecule has 3 amide bonds. The van der Waals surface area contributed by atoms with Crippen molar-refractivity contribution >= 4 is 33.8 Å². The number of alkyl carbamates (subject to hydrolysis) is 1. The smallest absolute Gasteiger partial charge is 0.408 e. The van der Waals surface area contributed by atoms with Crippen LogP contribution in [0.5, 0.6) is 0 Å². The third-order valence-electron chi connectivity index (χ3n) is 3.52. The number of nitrogens with one attached hydrogen (secondary N) is 2. The van der Waals surface area contributed by atoms with Gasteiger partial charge in [-0.1, -0.05) is 66.7 Å². The van der Waals surface area contributed by atoms with Gasteiger partial charge in [-0.3, -0.25) is 9.59 Å². The summed E-state index contributed by atoms with van der Waals surface area (Å²) in [6, 6.07) is 7.39. The zero-order valence-corrected chi connectivity index (χ0v) is 16.4. The molecular weight excluding hydrogens is 402 g/mol. The lowest BCUT2D eigenvalue weighted by Gasteiger charge is -2.24. The molecule has 0 saturated carbocycles. The molecule has 0 aliphatic rings. The first kappa shape index (κ1) is 21.7. The Kier molecular flexibility index (Phi) is 8.84. The Bertz CT molecular complexity index is 649. The molecule has 0 fully saturated rings. The van der Waals surface area contributed by atoms with E-state index in [-0.39, 0.29) is 18.9 Å². The van der Waals surface area contributed by atoms with E-state index in [0.29, 0.717) is 4.48 Å². The van der Waals surface area contributed by atoms with E-state index in [1.54, 1.807) is 13.8 Å². The second kappa shape index (κ2) is 10.6. The molecule has 0 radical (unpaired) electrons. The summed E-state index contributed by atoms with van der Waals surface area (Å²) in [5.74, 6) is -1.43. The predicted molar refractivity (Wildman–Crippen MR) is 102 cm³/mol. The van der Waals surface area contributed by atoms with E-state index in [2.05, 4.69) is 33.1 Å². The van der Waals surface area contributed by atoms with Gasteiger partial charge in [0.25, 0.3) is 0 Å². The average Bonchev–Trinajstić information content (AvgIpc) is 2.57. The number of benzene rings is 1. The monoisotopic (exact) mass is 425 g/mol. The molecule has 1 rings (SSSR count). The van der Waals surface area contributed by atoms with Gasteiger partial charge in [-0.25, -0.2) is 4.79 Å². The van der Waals surface area contributed by atoms with Crippen molar-refractivity contribution in [2.45, 2.75) is 39.0 Å². The van der Waals surface area contributed by atoms with Gasteiger partial charge in [0, 0.05) is 6.42 Å². The van der Waals surface area contributed by atoms with Crippen LogP contribution in [0.1, 0.15) is 25.8 Å². The first-order valence-corrected chi connectivity index (χ1v) is 8.90. The van der Waals surface area contributed by atoms with Crippen LogP contribution in [0.25, 0.3) is 0 Å². The van der Waals surface area contributed by atoms with Crippen LogP contribution in [0.2, 0.25) is 0 Å². The normalized spacial score (nSPS) is 12.8. The quantitative estimate of drug-likeness (QED) is 0.562. The van der Waals surface area contributed by atoms with Crippen LogP contribution < -0.4 is 16.4 Å². The van der Waals surface area contributed by atoms with Gasteiger partial charge >= 0.3 is 6.09 Å². The Hall–Kier alpha value is -2.35. The maximum Gasteiger partial charge on any atom is 0.408 e. The molecule has 26 heavy (non-hydrogen) atoms. The van der Waals surface area contributed by atoms with Gasteiger partial charge in [-0.05, 0) is 16.0 Å². The highest BCUT2D eigenvalue weighted by Crippen LogP contribution is 2.11. The van der Waals surface area contributed by atoms with Gasteiger partial charge in [0.15, 0.2) is 0 Å². The number of amides is 3. The zero-order valence-electron chi connectivity index (χ0n) is 14.8. The van der Waals surface area contributed by atoms with Gasteiger partial charge in [0.1, 0.15) is 18.7 Å². The number of ether oxygens (including phenoxy) is 1. The fourth-order valence-corrected chi connectivity index (χ4v) is 2.46. The van der Waals surface area contributed by atoms with Crippen molar-refractivity contribution in [3.8, 4) is 0 Å². The molecule has 0 aliphatic heterocycles. The number of hydrogen-bond acceptors (Lipinski definition) is 4. The third kappa shape index (κ3) is 7.69. The van der Waals surface area contributed by atoms with E-state index in [1.807, 2.05) is 30.3 Å². The molecule has 1 aromatic carbocycles. The number of rotatable bonds is 9. The number of carbonyl (C=O) groups excluding carboxylic acids is 3. The molecule has 0 spiro atoms. The summed E-state index contributed by atoms with van der Waals surface area (Å²) >= 11 is 3.14. The molecule has 1 aromatic rings. The lowest BCUT2D eigenvalue weighted by Crippen LogP contribution is -2.54. The molecule has 0 aliphatic carbocycles. The maximum absolute atomic E-state index is 12.5. The maximum atomic E-state index is 12.5. The highest BCUT2D eigenvalue weighted by Gasteiger charge is 2.28. The fourth-order valence-electron chi connectivity index (χ4n) is 2.13. The molecule has 2 atom stereocenters. The molecule has 142 valence electrons. The topological polar surface area (TPSA) is 111 Å². The van der Waals surface area contributed by atoms with Crippen LogP contribution in [0.3, 0.4) is 0 Å². The Morgan fingerprint density at radius 1 is 1.19 bits per heavy atom. The molecule has 0 heterocycles. The largest absolute Gasteiger partial charge is 0.445 e. The van der Waals surface area contributed by atoms with E-state index < -0.39 is 30.0 Å². The van der Waals surface area contributed by atoms with Crippen molar-refractivity contribution in [3.05, 3.63) is 47.0 Å². The summed E-state index contributed by atoms with van der Waals surface area (Å²) in [5.41, 5.74) is 6.13. The Morgan fingerprint density at radius 2 is 1.81 bits per heavy atom. The lowest BCUT2D eigenvalue weighted by atomic mass is 10.0. The standard InChI is InChI=1S/C18H24BrN3O4/c1-11(2)15(17(24)21-14(16(20)23)9-12(3)19)22-18(25)26-10-13-7-5-4-6-8-13/h4-8,11,14-15H,3,9-10H2,1-2H3,(H2,20,23)(H,21,24)(H,22,25)/t14-,15+/m0/s1. The number of carbonyl (C=O) groups is 3. The summed E-state index contributed by atoms with van der Waals surface area (Å²) in [4.78, 5) is 35.9. The summed E-state index contributed by atoms with van der Waals surface area (Å²) in [6.45, 7) is 7.26. The predicted octanol–water partition coefficient (Wildman–Crippen LogP) is 2.21. The van der Waals surface area contributed by atoms with Gasteiger partial charge < -0.3 is 21.1 Å². The number of hydrogen-bond donors (Lipinski definition) is 3. The molecular formula is C18H24BrN3O4. The SMILES string of the molecule is C=C(Br)C[C@H](NC(=O)[C@H](NC(=O)OCc1ccccc1)C(C)C)C(N)=O. The molecule has 0 saturated heterocycles. The minimum atomic E-state index is -0.919. The highest BCUT2D eigenvalue weighted by molar-refractivity contribution is 9.11. The van der Waals surface area contributed by atoms with Crippen LogP contribution in [0.15, 0.2) is 41.4 Å². The van der Waals surface area contributed by atoms with Crippen LogP contribution in [-0.4, -0.2) is 30.0 Å². The van der Waals surface area contributed by atoms with Crippen molar-refractivity contribution in [1.29, 1.82) is 0 Å². The third-order valence-corrected chi connectivity index (χ3v) is 3.84. The van der Waals surface area contributed by atoms with Gasteiger partial charge in [0.2, 0.25) is 11.8 Å².